The molecule has 2 nitrogen and oxygen atoms in total. The molecule has 1 saturated heterocycles. The van der Waals surface area contributed by atoms with E-state index in [1.165, 1.54) is 57.8 Å². The lowest BCUT2D eigenvalue weighted by Gasteiger charge is -2.15. The number of rotatable bonds is 7. The fraction of sp³-hybridized carbons (Fsp3) is 1.00. The molecule has 2 N–H and O–H groups in total. The van der Waals surface area contributed by atoms with Gasteiger partial charge in [-0.25, -0.2) is 0 Å². The van der Waals surface area contributed by atoms with Gasteiger partial charge in [-0.1, -0.05) is 12.8 Å². The van der Waals surface area contributed by atoms with Gasteiger partial charge in [0.15, 0.2) is 0 Å². The Kier molecular flexibility index (Phi) is 6.16. The lowest BCUT2D eigenvalue weighted by atomic mass is 10.1. The molecule has 1 saturated carbocycles. The number of nitrogens with two attached hydrogens (primary N) is 1. The standard InChI is InChI=1S/C14H27NOS/c15-12(11-17-14-8-1-2-9-14)5-3-6-13-7-4-10-16-13/h12-14H,1-11,15H2. The van der Waals surface area contributed by atoms with E-state index in [4.69, 9.17) is 10.5 Å². The smallest absolute Gasteiger partial charge is 0.0576 e. The van der Waals surface area contributed by atoms with E-state index in [1.807, 2.05) is 0 Å². The van der Waals surface area contributed by atoms with E-state index in [2.05, 4.69) is 11.8 Å². The Morgan fingerprint density at radius 3 is 2.71 bits per heavy atom. The van der Waals surface area contributed by atoms with Crippen molar-refractivity contribution in [2.75, 3.05) is 12.4 Å². The van der Waals surface area contributed by atoms with Gasteiger partial charge in [-0.05, 0) is 44.9 Å². The van der Waals surface area contributed by atoms with Crippen molar-refractivity contribution in [3.05, 3.63) is 0 Å². The minimum atomic E-state index is 0.405. The van der Waals surface area contributed by atoms with Crippen LogP contribution in [0.2, 0.25) is 0 Å². The van der Waals surface area contributed by atoms with Gasteiger partial charge in [0.05, 0.1) is 6.10 Å². The van der Waals surface area contributed by atoms with Crippen molar-refractivity contribution in [2.24, 2.45) is 5.73 Å². The first kappa shape index (κ1) is 13.7. The third-order valence-corrected chi connectivity index (χ3v) is 5.54. The van der Waals surface area contributed by atoms with E-state index >= 15 is 0 Å². The largest absolute Gasteiger partial charge is 0.378 e. The Bertz CT molecular complexity index is 200. The Labute approximate surface area is 110 Å². The fourth-order valence-corrected chi connectivity index (χ4v) is 4.23. The second-order valence-corrected chi connectivity index (χ2v) is 6.90. The predicted octanol–water partition coefficient (Wildman–Crippen LogP) is 3.34. The maximum atomic E-state index is 6.17. The topological polar surface area (TPSA) is 35.2 Å². The van der Waals surface area contributed by atoms with E-state index in [-0.39, 0.29) is 0 Å². The molecule has 0 bridgehead atoms. The molecule has 0 aromatic heterocycles. The van der Waals surface area contributed by atoms with Gasteiger partial charge in [0, 0.05) is 23.7 Å². The summed E-state index contributed by atoms with van der Waals surface area (Å²) in [4.78, 5) is 0. The van der Waals surface area contributed by atoms with Crippen LogP contribution in [0.25, 0.3) is 0 Å². The summed E-state index contributed by atoms with van der Waals surface area (Å²) in [6.07, 6.45) is 12.4. The summed E-state index contributed by atoms with van der Waals surface area (Å²) >= 11 is 2.12. The van der Waals surface area contributed by atoms with Gasteiger partial charge in [-0.15, -0.1) is 0 Å². The van der Waals surface area contributed by atoms with Gasteiger partial charge in [-0.3, -0.25) is 0 Å². The number of ether oxygens (including phenoxy) is 1. The lowest BCUT2D eigenvalue weighted by Crippen LogP contribution is -2.24. The molecule has 2 aliphatic rings. The van der Waals surface area contributed by atoms with E-state index in [1.54, 1.807) is 0 Å². The third-order valence-electron chi connectivity index (χ3n) is 3.97. The summed E-state index contributed by atoms with van der Waals surface area (Å²) in [6, 6.07) is 0.405. The Hall–Kier alpha value is 0.270. The first-order chi connectivity index (χ1) is 8.34. The van der Waals surface area contributed by atoms with Gasteiger partial charge in [-0.2, -0.15) is 11.8 Å². The van der Waals surface area contributed by atoms with Crippen LogP contribution in [0.15, 0.2) is 0 Å². The van der Waals surface area contributed by atoms with Crippen LogP contribution in [0.4, 0.5) is 0 Å². The van der Waals surface area contributed by atoms with Gasteiger partial charge >= 0.3 is 0 Å². The van der Waals surface area contributed by atoms with Crippen LogP contribution >= 0.6 is 11.8 Å². The van der Waals surface area contributed by atoms with Gasteiger partial charge in [0.1, 0.15) is 0 Å². The summed E-state index contributed by atoms with van der Waals surface area (Å²) in [6.45, 7) is 0.980. The second-order valence-electron chi connectivity index (χ2n) is 5.57. The van der Waals surface area contributed by atoms with Gasteiger partial charge in [0.2, 0.25) is 0 Å². The average Bonchev–Trinajstić information content (AvgIpc) is 2.99. The van der Waals surface area contributed by atoms with Crippen molar-refractivity contribution in [2.45, 2.75) is 75.2 Å². The fourth-order valence-electron chi connectivity index (χ4n) is 2.88. The first-order valence-corrected chi connectivity index (χ1v) is 8.38. The molecule has 3 heteroatoms. The quantitative estimate of drug-likeness (QED) is 0.760. The highest BCUT2D eigenvalue weighted by Crippen LogP contribution is 2.30. The lowest BCUT2D eigenvalue weighted by molar-refractivity contribution is 0.102. The minimum absolute atomic E-state index is 0.405. The normalized spacial score (nSPS) is 27.7. The monoisotopic (exact) mass is 257 g/mol. The van der Waals surface area contributed by atoms with Crippen molar-refractivity contribution in [3.63, 3.8) is 0 Å². The molecule has 2 unspecified atom stereocenters. The van der Waals surface area contributed by atoms with Crippen molar-refractivity contribution < 1.29 is 4.74 Å². The summed E-state index contributed by atoms with van der Waals surface area (Å²) in [5.74, 6) is 1.16. The van der Waals surface area contributed by atoms with E-state index in [9.17, 15) is 0 Å². The van der Waals surface area contributed by atoms with E-state index in [0.29, 0.717) is 12.1 Å². The molecule has 2 fully saturated rings. The summed E-state index contributed by atoms with van der Waals surface area (Å²) in [5.41, 5.74) is 6.17. The van der Waals surface area contributed by atoms with E-state index < -0.39 is 0 Å². The van der Waals surface area contributed by atoms with Crippen molar-refractivity contribution in [1.29, 1.82) is 0 Å². The molecule has 2 rings (SSSR count). The SMILES string of the molecule is NC(CCCC1CCCO1)CSC1CCCC1. The van der Waals surface area contributed by atoms with Crippen LogP contribution in [0.3, 0.4) is 0 Å². The molecule has 17 heavy (non-hydrogen) atoms. The number of hydrogen-bond acceptors (Lipinski definition) is 3. The molecular weight excluding hydrogens is 230 g/mol. The van der Waals surface area contributed by atoms with Crippen LogP contribution in [0, 0.1) is 0 Å². The second kappa shape index (κ2) is 7.65. The number of thioether (sulfide) groups is 1. The highest BCUT2D eigenvalue weighted by molar-refractivity contribution is 7.99. The van der Waals surface area contributed by atoms with Crippen LogP contribution in [-0.4, -0.2) is 29.8 Å². The molecule has 1 aliphatic carbocycles. The molecule has 0 amide bonds. The molecule has 1 aliphatic heterocycles. The molecule has 0 aromatic rings. The molecule has 0 radical (unpaired) electrons. The van der Waals surface area contributed by atoms with Gasteiger partial charge < -0.3 is 10.5 Å². The molecule has 0 aromatic carbocycles. The molecule has 0 spiro atoms. The zero-order valence-corrected chi connectivity index (χ0v) is 11.7. The molecular formula is C14H27NOS. The summed E-state index contributed by atoms with van der Waals surface area (Å²) in [5, 5.41) is 0.916. The Morgan fingerprint density at radius 2 is 2.00 bits per heavy atom. The maximum absolute atomic E-state index is 6.17. The molecule has 1 heterocycles. The first-order valence-electron chi connectivity index (χ1n) is 7.33. The zero-order valence-electron chi connectivity index (χ0n) is 10.9. The van der Waals surface area contributed by atoms with Crippen molar-refractivity contribution in [1.82, 2.24) is 0 Å². The molecule has 100 valence electrons. The summed E-state index contributed by atoms with van der Waals surface area (Å²) in [7, 11) is 0. The van der Waals surface area contributed by atoms with Crippen molar-refractivity contribution in [3.8, 4) is 0 Å². The highest BCUT2D eigenvalue weighted by atomic mass is 32.2. The molecule has 2 atom stereocenters. The highest BCUT2D eigenvalue weighted by Gasteiger charge is 2.18. The van der Waals surface area contributed by atoms with Crippen LogP contribution in [-0.2, 0) is 4.74 Å². The third kappa shape index (κ3) is 5.19. The zero-order chi connectivity index (χ0) is 11.9. The Morgan fingerprint density at radius 1 is 1.18 bits per heavy atom. The van der Waals surface area contributed by atoms with Crippen molar-refractivity contribution >= 4 is 11.8 Å². The Balaban J connectivity index is 1.46. The minimum Gasteiger partial charge on any atom is -0.378 e. The van der Waals surface area contributed by atoms with Gasteiger partial charge in [0.25, 0.3) is 0 Å². The van der Waals surface area contributed by atoms with Crippen LogP contribution in [0.1, 0.15) is 57.8 Å². The number of hydrogen-bond donors (Lipinski definition) is 1. The van der Waals surface area contributed by atoms with Crippen LogP contribution < -0.4 is 5.73 Å². The maximum Gasteiger partial charge on any atom is 0.0576 e. The van der Waals surface area contributed by atoms with Crippen LogP contribution in [0.5, 0.6) is 0 Å². The van der Waals surface area contributed by atoms with E-state index in [0.717, 1.165) is 17.6 Å². The average molecular weight is 257 g/mol. The summed E-state index contributed by atoms with van der Waals surface area (Å²) < 4.78 is 5.63. The predicted molar refractivity (Wildman–Crippen MR) is 75.5 cm³/mol.